The Morgan fingerprint density at radius 1 is 1.39 bits per heavy atom. The Kier molecular flexibility index (Phi) is 6.05. The molecule has 1 aromatic rings. The lowest BCUT2D eigenvalue weighted by Crippen LogP contribution is -2.41. The number of nitrogens with zero attached hydrogens (tertiary/aromatic N) is 2. The molecule has 9 heteroatoms. The van der Waals surface area contributed by atoms with Crippen LogP contribution in [-0.2, 0) is 14.8 Å². The highest BCUT2D eigenvalue weighted by molar-refractivity contribution is 7.89. The van der Waals surface area contributed by atoms with Gasteiger partial charge >= 0.3 is 0 Å². The van der Waals surface area contributed by atoms with Gasteiger partial charge in [-0.15, -0.1) is 0 Å². The van der Waals surface area contributed by atoms with Crippen molar-refractivity contribution in [2.45, 2.75) is 23.8 Å². The fourth-order valence-corrected chi connectivity index (χ4v) is 3.74. The molecule has 0 spiro atoms. The lowest BCUT2D eigenvalue weighted by Gasteiger charge is -2.24. The average Bonchev–Trinajstić information content (AvgIpc) is 2.98. The summed E-state index contributed by atoms with van der Waals surface area (Å²) in [6.45, 7) is 2.66. The second-order valence-electron chi connectivity index (χ2n) is 5.43. The van der Waals surface area contributed by atoms with Gasteiger partial charge in [0.2, 0.25) is 10.0 Å². The summed E-state index contributed by atoms with van der Waals surface area (Å²) in [5.74, 6) is 0. The van der Waals surface area contributed by atoms with Gasteiger partial charge in [0.15, 0.2) is 0 Å². The van der Waals surface area contributed by atoms with Crippen molar-refractivity contribution in [3.05, 3.63) is 34.4 Å². The molecule has 0 aromatic heterocycles. The van der Waals surface area contributed by atoms with Crippen molar-refractivity contribution < 1.29 is 18.1 Å². The molecule has 1 heterocycles. The molecule has 128 valence electrons. The minimum Gasteiger partial charge on any atom is -0.383 e. The van der Waals surface area contributed by atoms with E-state index < -0.39 is 14.9 Å². The standard InChI is InChI=1S/C14H21N3O5S/c1-22-10-9-16-8-2-3-13(16)11-15-23(20,21)14-6-4-12(5-7-14)17(18)19/h4-7,13,15H,2-3,8-11H2,1H3/t13-/m1/s1. The molecule has 1 saturated heterocycles. The van der Waals surface area contributed by atoms with Crippen LogP contribution in [0.15, 0.2) is 29.2 Å². The summed E-state index contributed by atoms with van der Waals surface area (Å²) < 4.78 is 32.2. The molecular weight excluding hydrogens is 322 g/mol. The van der Waals surface area contributed by atoms with Gasteiger partial charge in [-0.05, 0) is 31.5 Å². The van der Waals surface area contributed by atoms with Gasteiger partial charge in [-0.25, -0.2) is 13.1 Å². The Balaban J connectivity index is 1.96. The number of nitrogens with one attached hydrogen (secondary N) is 1. The van der Waals surface area contributed by atoms with E-state index in [-0.39, 0.29) is 16.6 Å². The molecule has 1 fully saturated rings. The first-order valence-electron chi connectivity index (χ1n) is 7.41. The summed E-state index contributed by atoms with van der Waals surface area (Å²) in [6, 6.07) is 5.03. The molecule has 1 aromatic carbocycles. The highest BCUT2D eigenvalue weighted by atomic mass is 32.2. The number of sulfonamides is 1. The predicted molar refractivity (Wildman–Crippen MR) is 84.8 cm³/mol. The van der Waals surface area contributed by atoms with Gasteiger partial charge in [-0.1, -0.05) is 0 Å². The van der Waals surface area contributed by atoms with E-state index in [0.29, 0.717) is 13.2 Å². The van der Waals surface area contributed by atoms with E-state index in [1.54, 1.807) is 7.11 Å². The van der Waals surface area contributed by atoms with Gasteiger partial charge in [0, 0.05) is 38.4 Å². The number of methoxy groups -OCH3 is 1. The van der Waals surface area contributed by atoms with Gasteiger partial charge in [0.05, 0.1) is 16.4 Å². The number of non-ortho nitro benzene ring substituents is 1. The van der Waals surface area contributed by atoms with E-state index >= 15 is 0 Å². The summed E-state index contributed by atoms with van der Waals surface area (Å²) in [4.78, 5) is 12.3. The van der Waals surface area contributed by atoms with E-state index in [9.17, 15) is 18.5 Å². The molecule has 1 aliphatic heterocycles. The molecule has 0 unspecified atom stereocenters. The minimum atomic E-state index is -3.66. The third-order valence-corrected chi connectivity index (χ3v) is 5.39. The first-order chi connectivity index (χ1) is 10.9. The molecule has 0 aliphatic carbocycles. The van der Waals surface area contributed by atoms with Crippen molar-refractivity contribution in [2.24, 2.45) is 0 Å². The van der Waals surface area contributed by atoms with Gasteiger partial charge in [0.1, 0.15) is 0 Å². The topological polar surface area (TPSA) is 102 Å². The van der Waals surface area contributed by atoms with Crippen LogP contribution < -0.4 is 4.72 Å². The number of benzene rings is 1. The fraction of sp³-hybridized carbons (Fsp3) is 0.571. The Hall–Kier alpha value is -1.55. The van der Waals surface area contributed by atoms with E-state index in [2.05, 4.69) is 9.62 Å². The maximum Gasteiger partial charge on any atom is 0.269 e. The summed E-state index contributed by atoms with van der Waals surface area (Å²) >= 11 is 0. The molecule has 0 bridgehead atoms. The van der Waals surface area contributed by atoms with Gasteiger partial charge in [-0.2, -0.15) is 0 Å². The molecule has 1 atom stereocenters. The smallest absolute Gasteiger partial charge is 0.269 e. The Labute approximate surface area is 135 Å². The van der Waals surface area contributed by atoms with Crippen LogP contribution in [0.1, 0.15) is 12.8 Å². The lowest BCUT2D eigenvalue weighted by molar-refractivity contribution is -0.384. The summed E-state index contributed by atoms with van der Waals surface area (Å²) in [6.07, 6.45) is 1.97. The molecular formula is C14H21N3O5S. The van der Waals surface area contributed by atoms with Crippen LogP contribution in [0.25, 0.3) is 0 Å². The van der Waals surface area contributed by atoms with Crippen LogP contribution in [0.4, 0.5) is 5.69 Å². The average molecular weight is 343 g/mol. The molecule has 0 saturated carbocycles. The Morgan fingerprint density at radius 3 is 2.70 bits per heavy atom. The van der Waals surface area contributed by atoms with E-state index in [1.165, 1.54) is 24.3 Å². The first-order valence-corrected chi connectivity index (χ1v) is 8.89. The SMILES string of the molecule is COCCN1CCC[C@@H]1CNS(=O)(=O)c1ccc([N+](=O)[O-])cc1. The van der Waals surface area contributed by atoms with Gasteiger partial charge < -0.3 is 4.74 Å². The maximum absolute atomic E-state index is 12.3. The molecule has 0 amide bonds. The molecule has 8 nitrogen and oxygen atoms in total. The lowest BCUT2D eigenvalue weighted by atomic mass is 10.2. The summed E-state index contributed by atoms with van der Waals surface area (Å²) in [5, 5.41) is 10.6. The van der Waals surface area contributed by atoms with E-state index in [0.717, 1.165) is 25.9 Å². The zero-order chi connectivity index (χ0) is 16.9. The van der Waals surface area contributed by atoms with Crippen molar-refractivity contribution in [2.75, 3.05) is 33.4 Å². The van der Waals surface area contributed by atoms with Crippen molar-refractivity contribution in [1.29, 1.82) is 0 Å². The maximum atomic E-state index is 12.3. The van der Waals surface area contributed by atoms with Crippen LogP contribution in [0.3, 0.4) is 0 Å². The number of hydrogen-bond acceptors (Lipinski definition) is 6. The normalized spacial score (nSPS) is 19.1. The predicted octanol–water partition coefficient (Wildman–Crippen LogP) is 0.984. The number of hydrogen-bond donors (Lipinski definition) is 1. The monoisotopic (exact) mass is 343 g/mol. The highest BCUT2D eigenvalue weighted by Crippen LogP contribution is 2.18. The van der Waals surface area contributed by atoms with Crippen molar-refractivity contribution >= 4 is 15.7 Å². The Morgan fingerprint density at radius 2 is 2.09 bits per heavy atom. The molecule has 1 aliphatic rings. The summed E-state index contributed by atoms with van der Waals surface area (Å²) in [7, 11) is -2.02. The number of nitro benzene ring substituents is 1. The van der Waals surface area contributed by atoms with Gasteiger partial charge in [-0.3, -0.25) is 15.0 Å². The Bertz CT molecular complexity index is 632. The quantitative estimate of drug-likeness (QED) is 0.558. The van der Waals surface area contributed by atoms with Crippen LogP contribution in [-0.4, -0.2) is 57.6 Å². The van der Waals surface area contributed by atoms with Crippen molar-refractivity contribution in [3.8, 4) is 0 Å². The second-order valence-corrected chi connectivity index (χ2v) is 7.19. The number of nitro groups is 1. The van der Waals surface area contributed by atoms with Crippen molar-refractivity contribution in [3.63, 3.8) is 0 Å². The third-order valence-electron chi connectivity index (χ3n) is 3.95. The molecule has 23 heavy (non-hydrogen) atoms. The fourth-order valence-electron chi connectivity index (χ4n) is 2.67. The zero-order valence-corrected chi connectivity index (χ0v) is 13.8. The number of rotatable bonds is 8. The van der Waals surface area contributed by atoms with Gasteiger partial charge in [0.25, 0.3) is 5.69 Å². The number of likely N-dealkylation sites (tertiary alicyclic amines) is 1. The molecule has 0 radical (unpaired) electrons. The minimum absolute atomic E-state index is 0.0320. The van der Waals surface area contributed by atoms with Crippen molar-refractivity contribution in [1.82, 2.24) is 9.62 Å². The van der Waals surface area contributed by atoms with Crippen LogP contribution in [0.2, 0.25) is 0 Å². The second kappa shape index (κ2) is 7.82. The van der Waals surface area contributed by atoms with E-state index in [1.807, 2.05) is 0 Å². The largest absolute Gasteiger partial charge is 0.383 e. The summed E-state index contributed by atoms with van der Waals surface area (Å²) in [5.41, 5.74) is -0.134. The first kappa shape index (κ1) is 17.8. The van der Waals surface area contributed by atoms with Crippen LogP contribution >= 0.6 is 0 Å². The van der Waals surface area contributed by atoms with Crippen LogP contribution in [0, 0.1) is 10.1 Å². The highest BCUT2D eigenvalue weighted by Gasteiger charge is 2.26. The van der Waals surface area contributed by atoms with E-state index in [4.69, 9.17) is 4.74 Å². The van der Waals surface area contributed by atoms with Crippen LogP contribution in [0.5, 0.6) is 0 Å². The number of ether oxygens (including phenoxy) is 1. The third kappa shape index (κ3) is 4.71. The molecule has 1 N–H and O–H groups in total. The molecule has 2 rings (SSSR count). The zero-order valence-electron chi connectivity index (χ0n) is 13.0.